The topological polar surface area (TPSA) is 111 Å². The van der Waals surface area contributed by atoms with E-state index in [1.165, 1.54) is 39.5 Å². The number of carbonyl (C=O) groups is 3. The molecule has 2 N–H and O–H groups in total. The molecule has 0 fully saturated rings. The Kier molecular flexibility index (Phi) is 6.85. The van der Waals surface area contributed by atoms with Gasteiger partial charge in [0.25, 0.3) is 0 Å². The third-order valence-electron chi connectivity index (χ3n) is 3.10. The van der Waals surface area contributed by atoms with Gasteiger partial charge in [0.2, 0.25) is 0 Å². The van der Waals surface area contributed by atoms with Crippen LogP contribution in [0.25, 0.3) is 0 Å². The van der Waals surface area contributed by atoms with Gasteiger partial charge in [-0.1, -0.05) is 0 Å². The first-order chi connectivity index (χ1) is 10.9. The minimum absolute atomic E-state index is 0.0132. The zero-order valence-corrected chi connectivity index (χ0v) is 13.1. The molecule has 0 saturated heterocycles. The first-order valence-electron chi connectivity index (χ1n) is 6.75. The highest BCUT2D eigenvalue weighted by atomic mass is 16.5. The zero-order chi connectivity index (χ0) is 17.4. The lowest BCUT2D eigenvalue weighted by Crippen LogP contribution is -2.31. The highest BCUT2D eigenvalue weighted by molar-refractivity contribution is 5.91. The Morgan fingerprint density at radius 1 is 1.13 bits per heavy atom. The third-order valence-corrected chi connectivity index (χ3v) is 3.10. The smallest absolute Gasteiger partial charge is 0.337 e. The van der Waals surface area contributed by atoms with Crippen molar-refractivity contribution in [1.82, 2.24) is 0 Å². The van der Waals surface area contributed by atoms with Crippen molar-refractivity contribution in [2.75, 3.05) is 26.6 Å². The molecule has 23 heavy (non-hydrogen) atoms. The maximum absolute atomic E-state index is 11.8. The van der Waals surface area contributed by atoms with Gasteiger partial charge in [-0.2, -0.15) is 0 Å². The number of hydrogen-bond donors (Lipinski definition) is 2. The molecule has 0 heterocycles. The van der Waals surface area contributed by atoms with E-state index < -0.39 is 23.9 Å². The molecule has 126 valence electrons. The maximum atomic E-state index is 11.8. The van der Waals surface area contributed by atoms with Gasteiger partial charge in [-0.15, -0.1) is 0 Å². The molecule has 0 bridgehead atoms. The number of benzene rings is 1. The lowest BCUT2D eigenvalue weighted by Gasteiger charge is -2.18. The molecule has 1 aromatic carbocycles. The summed E-state index contributed by atoms with van der Waals surface area (Å²) in [4.78, 5) is 34.5. The third kappa shape index (κ3) is 5.17. The molecule has 1 unspecified atom stereocenters. The average molecular weight is 325 g/mol. The Morgan fingerprint density at radius 3 is 2.39 bits per heavy atom. The van der Waals surface area contributed by atoms with E-state index >= 15 is 0 Å². The quantitative estimate of drug-likeness (QED) is 0.435. The van der Waals surface area contributed by atoms with Crippen molar-refractivity contribution >= 4 is 23.6 Å². The van der Waals surface area contributed by atoms with Crippen molar-refractivity contribution in [1.29, 1.82) is 0 Å². The summed E-state index contributed by atoms with van der Waals surface area (Å²) in [5.74, 6) is -1.84. The molecular formula is C15H19NO7. The van der Waals surface area contributed by atoms with Gasteiger partial charge in [0.15, 0.2) is 0 Å². The summed E-state index contributed by atoms with van der Waals surface area (Å²) < 4.78 is 13.8. The lowest BCUT2D eigenvalue weighted by molar-refractivity contribution is -0.143. The second-order valence-electron chi connectivity index (χ2n) is 4.56. The van der Waals surface area contributed by atoms with Gasteiger partial charge >= 0.3 is 17.9 Å². The molecule has 0 aliphatic carbocycles. The molecule has 8 nitrogen and oxygen atoms in total. The summed E-state index contributed by atoms with van der Waals surface area (Å²) in [6.45, 7) is 0. The number of ether oxygens (including phenoxy) is 3. The number of aromatic hydroxyl groups is 1. The van der Waals surface area contributed by atoms with Crippen molar-refractivity contribution < 1.29 is 33.7 Å². The molecule has 0 amide bonds. The SMILES string of the molecule is COC(=O)CCC(Nc1cc(C(=O)OC)ccc1O)C(=O)OC. The average Bonchev–Trinajstić information content (AvgIpc) is 2.58. The highest BCUT2D eigenvalue weighted by Gasteiger charge is 2.22. The van der Waals surface area contributed by atoms with Crippen LogP contribution in [0.1, 0.15) is 23.2 Å². The first kappa shape index (κ1) is 18.3. The maximum Gasteiger partial charge on any atom is 0.337 e. The van der Waals surface area contributed by atoms with E-state index in [2.05, 4.69) is 19.5 Å². The van der Waals surface area contributed by atoms with Crippen LogP contribution in [0.3, 0.4) is 0 Å². The Morgan fingerprint density at radius 2 is 1.83 bits per heavy atom. The standard InChI is InChI=1S/C15H19NO7/c1-21-13(18)7-5-10(15(20)23-3)16-11-8-9(14(19)22-2)4-6-12(11)17/h4,6,8,10,16-17H,5,7H2,1-3H3. The summed E-state index contributed by atoms with van der Waals surface area (Å²) >= 11 is 0. The number of methoxy groups -OCH3 is 3. The van der Waals surface area contributed by atoms with Gasteiger partial charge < -0.3 is 24.6 Å². The Bertz CT molecular complexity index is 585. The van der Waals surface area contributed by atoms with Crippen LogP contribution >= 0.6 is 0 Å². The molecule has 0 radical (unpaired) electrons. The molecular weight excluding hydrogens is 306 g/mol. The summed E-state index contributed by atoms with van der Waals surface area (Å²) in [5.41, 5.74) is 0.345. The van der Waals surface area contributed by atoms with E-state index in [0.717, 1.165) is 0 Å². The number of hydrogen-bond acceptors (Lipinski definition) is 8. The van der Waals surface area contributed by atoms with Crippen LogP contribution < -0.4 is 5.32 Å². The van der Waals surface area contributed by atoms with E-state index in [0.29, 0.717) is 0 Å². The highest BCUT2D eigenvalue weighted by Crippen LogP contribution is 2.26. The van der Waals surface area contributed by atoms with Crippen molar-refractivity contribution in [3.05, 3.63) is 23.8 Å². The number of anilines is 1. The molecule has 0 aliphatic rings. The predicted octanol–water partition coefficient (Wildman–Crippen LogP) is 1.09. The largest absolute Gasteiger partial charge is 0.506 e. The van der Waals surface area contributed by atoms with Crippen molar-refractivity contribution in [3.8, 4) is 5.75 Å². The number of esters is 3. The number of carbonyl (C=O) groups excluding carboxylic acids is 3. The van der Waals surface area contributed by atoms with Gasteiger partial charge in [-0.3, -0.25) is 4.79 Å². The van der Waals surface area contributed by atoms with Crippen LogP contribution in [0.15, 0.2) is 18.2 Å². The summed E-state index contributed by atoms with van der Waals surface area (Å²) in [7, 11) is 3.68. The van der Waals surface area contributed by atoms with Gasteiger partial charge in [-0.25, -0.2) is 9.59 Å². The summed E-state index contributed by atoms with van der Waals surface area (Å²) in [5, 5.41) is 12.6. The van der Waals surface area contributed by atoms with E-state index in [4.69, 9.17) is 0 Å². The fourth-order valence-corrected chi connectivity index (χ4v) is 1.84. The van der Waals surface area contributed by atoms with Gasteiger partial charge in [-0.05, 0) is 24.6 Å². The monoisotopic (exact) mass is 325 g/mol. The Labute approximate surface area is 133 Å². The van der Waals surface area contributed by atoms with Crippen molar-refractivity contribution in [2.45, 2.75) is 18.9 Å². The lowest BCUT2D eigenvalue weighted by atomic mass is 10.1. The fourth-order valence-electron chi connectivity index (χ4n) is 1.84. The van der Waals surface area contributed by atoms with Crippen LogP contribution in [-0.4, -0.2) is 50.4 Å². The van der Waals surface area contributed by atoms with E-state index in [1.54, 1.807) is 0 Å². The first-order valence-corrected chi connectivity index (χ1v) is 6.75. The second-order valence-corrected chi connectivity index (χ2v) is 4.56. The molecule has 0 saturated carbocycles. The molecule has 1 aromatic rings. The number of phenols is 1. The van der Waals surface area contributed by atoms with Crippen LogP contribution in [0.4, 0.5) is 5.69 Å². The minimum atomic E-state index is -0.891. The summed E-state index contributed by atoms with van der Waals surface area (Å²) in [6, 6.07) is 3.13. The van der Waals surface area contributed by atoms with Gasteiger partial charge in [0.1, 0.15) is 11.8 Å². The molecule has 0 aliphatic heterocycles. The van der Waals surface area contributed by atoms with Crippen LogP contribution in [0.5, 0.6) is 5.75 Å². The van der Waals surface area contributed by atoms with Crippen LogP contribution in [0.2, 0.25) is 0 Å². The van der Waals surface area contributed by atoms with Crippen LogP contribution in [-0.2, 0) is 23.8 Å². The molecule has 8 heteroatoms. The minimum Gasteiger partial charge on any atom is -0.506 e. The van der Waals surface area contributed by atoms with Gasteiger partial charge in [0, 0.05) is 6.42 Å². The molecule has 1 atom stereocenters. The summed E-state index contributed by atoms with van der Waals surface area (Å²) in [6.07, 6.45) is 0.0853. The van der Waals surface area contributed by atoms with Crippen LogP contribution in [0, 0.1) is 0 Å². The molecule has 0 spiro atoms. The molecule has 1 rings (SSSR count). The van der Waals surface area contributed by atoms with E-state index in [-0.39, 0.29) is 29.8 Å². The van der Waals surface area contributed by atoms with Crippen molar-refractivity contribution in [3.63, 3.8) is 0 Å². The predicted molar refractivity (Wildman–Crippen MR) is 80.1 cm³/mol. The van der Waals surface area contributed by atoms with Gasteiger partial charge in [0.05, 0.1) is 32.6 Å². The normalized spacial score (nSPS) is 11.3. The Hall–Kier alpha value is -2.77. The zero-order valence-electron chi connectivity index (χ0n) is 13.1. The van der Waals surface area contributed by atoms with E-state index in [1.807, 2.05) is 0 Å². The fraction of sp³-hybridized carbons (Fsp3) is 0.400. The Balaban J connectivity index is 2.95. The van der Waals surface area contributed by atoms with Crippen molar-refractivity contribution in [2.24, 2.45) is 0 Å². The number of phenolic OH excluding ortho intramolecular Hbond substituents is 1. The van der Waals surface area contributed by atoms with E-state index in [9.17, 15) is 19.5 Å². The molecule has 0 aromatic heterocycles. The number of nitrogens with one attached hydrogen (secondary N) is 1. The number of rotatable bonds is 7. The second kappa shape index (κ2) is 8.62.